The standard InChI is InChI=1S/C25H31NO2S/c1-25(2)12-11-21-20(14-25)22(24(27)28)23(29-21)19-10-9-17(13-18(19)15-26-3)16-7-5-4-6-8-16/h7,9-10,13,26H,4-6,8,11-12,14-15H2,1-3H3,(H,27,28). The van der Waals surface area contributed by atoms with Crippen LogP contribution in [0.3, 0.4) is 0 Å². The molecular weight excluding hydrogens is 378 g/mol. The Bertz CT molecular complexity index is 967. The number of rotatable bonds is 5. The number of carboxylic acid groups (broad SMARTS) is 1. The van der Waals surface area contributed by atoms with Crippen molar-refractivity contribution in [3.05, 3.63) is 51.4 Å². The molecule has 1 heterocycles. The molecule has 0 spiro atoms. The number of aryl methyl sites for hydroxylation is 1. The Labute approximate surface area is 177 Å². The van der Waals surface area contributed by atoms with Crippen molar-refractivity contribution < 1.29 is 9.90 Å². The summed E-state index contributed by atoms with van der Waals surface area (Å²) in [5.41, 5.74) is 6.78. The lowest BCUT2D eigenvalue weighted by Crippen LogP contribution is -2.22. The maximum Gasteiger partial charge on any atom is 0.337 e. The van der Waals surface area contributed by atoms with Gasteiger partial charge in [0.2, 0.25) is 0 Å². The number of aromatic carboxylic acids is 1. The van der Waals surface area contributed by atoms with E-state index in [1.807, 2.05) is 7.05 Å². The second-order valence-corrected chi connectivity index (χ2v) is 10.3. The number of carbonyl (C=O) groups is 1. The van der Waals surface area contributed by atoms with Gasteiger partial charge in [0.05, 0.1) is 5.56 Å². The minimum Gasteiger partial charge on any atom is -0.478 e. The second-order valence-electron chi connectivity index (χ2n) is 9.23. The lowest BCUT2D eigenvalue weighted by atomic mass is 9.76. The van der Waals surface area contributed by atoms with Crippen molar-refractivity contribution >= 4 is 22.9 Å². The molecule has 154 valence electrons. The molecule has 0 amide bonds. The van der Waals surface area contributed by atoms with Gasteiger partial charge in [0.15, 0.2) is 0 Å². The smallest absolute Gasteiger partial charge is 0.337 e. The van der Waals surface area contributed by atoms with E-state index in [0.29, 0.717) is 5.56 Å². The highest BCUT2D eigenvalue weighted by Crippen LogP contribution is 2.46. The van der Waals surface area contributed by atoms with Crippen molar-refractivity contribution in [1.82, 2.24) is 5.32 Å². The molecule has 0 fully saturated rings. The predicted molar refractivity (Wildman–Crippen MR) is 122 cm³/mol. The monoisotopic (exact) mass is 409 g/mol. The molecule has 3 nitrogen and oxygen atoms in total. The van der Waals surface area contributed by atoms with Crippen molar-refractivity contribution in [3.8, 4) is 10.4 Å². The molecule has 0 unspecified atom stereocenters. The van der Waals surface area contributed by atoms with Gasteiger partial charge >= 0.3 is 5.97 Å². The minimum absolute atomic E-state index is 0.167. The number of fused-ring (bicyclic) bond motifs is 1. The highest BCUT2D eigenvalue weighted by Gasteiger charge is 2.33. The molecule has 0 aliphatic heterocycles. The molecule has 2 N–H and O–H groups in total. The fraction of sp³-hybridized carbons (Fsp3) is 0.480. The zero-order chi connectivity index (χ0) is 20.6. The van der Waals surface area contributed by atoms with Gasteiger partial charge in [0.25, 0.3) is 0 Å². The maximum absolute atomic E-state index is 12.3. The van der Waals surface area contributed by atoms with Crippen LogP contribution >= 0.6 is 11.3 Å². The highest BCUT2D eigenvalue weighted by molar-refractivity contribution is 7.16. The Hall–Kier alpha value is -1.91. The first-order valence-electron chi connectivity index (χ1n) is 10.7. The molecule has 0 bridgehead atoms. The lowest BCUT2D eigenvalue weighted by Gasteiger charge is -2.29. The van der Waals surface area contributed by atoms with Gasteiger partial charge in [-0.3, -0.25) is 0 Å². The molecule has 1 aromatic heterocycles. The number of hydrogen-bond acceptors (Lipinski definition) is 3. The third kappa shape index (κ3) is 4.06. The first-order chi connectivity index (χ1) is 13.9. The van der Waals surface area contributed by atoms with Crippen LogP contribution in [0.2, 0.25) is 0 Å². The van der Waals surface area contributed by atoms with Crippen LogP contribution in [0.15, 0.2) is 24.3 Å². The summed E-state index contributed by atoms with van der Waals surface area (Å²) in [6, 6.07) is 6.63. The molecule has 29 heavy (non-hydrogen) atoms. The third-order valence-electron chi connectivity index (χ3n) is 6.37. The molecule has 1 aromatic carbocycles. The summed E-state index contributed by atoms with van der Waals surface area (Å²) in [6.07, 6.45) is 10.2. The van der Waals surface area contributed by atoms with Gasteiger partial charge in [-0.1, -0.05) is 32.1 Å². The summed E-state index contributed by atoms with van der Waals surface area (Å²) >= 11 is 1.70. The van der Waals surface area contributed by atoms with Gasteiger partial charge < -0.3 is 10.4 Å². The van der Waals surface area contributed by atoms with Gasteiger partial charge in [-0.25, -0.2) is 4.79 Å². The van der Waals surface area contributed by atoms with Gasteiger partial charge in [0.1, 0.15) is 0 Å². The molecule has 4 heteroatoms. The number of hydrogen-bond donors (Lipinski definition) is 2. The summed E-state index contributed by atoms with van der Waals surface area (Å²) < 4.78 is 0. The fourth-order valence-corrected chi connectivity index (χ4v) is 6.16. The third-order valence-corrected chi connectivity index (χ3v) is 7.69. The Morgan fingerprint density at radius 1 is 1.24 bits per heavy atom. The number of thiophene rings is 1. The molecule has 0 saturated carbocycles. The van der Waals surface area contributed by atoms with E-state index in [4.69, 9.17) is 0 Å². The van der Waals surface area contributed by atoms with Crippen LogP contribution in [0.1, 0.15) is 77.9 Å². The average Bonchev–Trinajstić information content (AvgIpc) is 3.06. The summed E-state index contributed by atoms with van der Waals surface area (Å²) in [6.45, 7) is 5.24. The van der Waals surface area contributed by atoms with Crippen molar-refractivity contribution in [2.75, 3.05) is 7.05 Å². The molecule has 0 atom stereocenters. The lowest BCUT2D eigenvalue weighted by molar-refractivity contribution is 0.0696. The topological polar surface area (TPSA) is 49.3 Å². The zero-order valence-corrected chi connectivity index (χ0v) is 18.5. The predicted octanol–water partition coefficient (Wildman–Crippen LogP) is 6.31. The van der Waals surface area contributed by atoms with E-state index in [9.17, 15) is 9.90 Å². The minimum atomic E-state index is -0.787. The van der Waals surface area contributed by atoms with Crippen LogP contribution in [-0.4, -0.2) is 18.1 Å². The van der Waals surface area contributed by atoms with E-state index in [1.54, 1.807) is 11.3 Å². The van der Waals surface area contributed by atoms with E-state index in [0.717, 1.165) is 54.7 Å². The summed E-state index contributed by atoms with van der Waals surface area (Å²) in [4.78, 5) is 14.5. The largest absolute Gasteiger partial charge is 0.478 e. The summed E-state index contributed by atoms with van der Waals surface area (Å²) in [5, 5.41) is 13.4. The molecule has 0 saturated heterocycles. The first-order valence-corrected chi connectivity index (χ1v) is 11.6. The number of benzene rings is 1. The van der Waals surface area contributed by atoms with Crippen LogP contribution < -0.4 is 5.32 Å². The van der Waals surface area contributed by atoms with Gasteiger partial charge in [-0.2, -0.15) is 0 Å². The average molecular weight is 410 g/mol. The molecule has 2 aliphatic rings. The van der Waals surface area contributed by atoms with E-state index in [1.165, 1.54) is 34.4 Å². The van der Waals surface area contributed by atoms with Crippen LogP contribution in [0, 0.1) is 5.41 Å². The van der Waals surface area contributed by atoms with Crippen LogP contribution in [0.5, 0.6) is 0 Å². The number of allylic oxidation sites excluding steroid dienone is 2. The van der Waals surface area contributed by atoms with Crippen molar-refractivity contribution in [3.63, 3.8) is 0 Å². The Morgan fingerprint density at radius 2 is 2.07 bits per heavy atom. The van der Waals surface area contributed by atoms with E-state index in [-0.39, 0.29) is 5.41 Å². The molecule has 4 rings (SSSR count). The quantitative estimate of drug-likeness (QED) is 0.609. The molecule has 2 aliphatic carbocycles. The fourth-order valence-electron chi connectivity index (χ4n) is 4.79. The zero-order valence-electron chi connectivity index (χ0n) is 17.7. The van der Waals surface area contributed by atoms with Crippen LogP contribution in [0.4, 0.5) is 0 Å². The summed E-state index contributed by atoms with van der Waals surface area (Å²) in [5.74, 6) is -0.787. The van der Waals surface area contributed by atoms with Gasteiger partial charge in [-0.15, -0.1) is 11.3 Å². The Morgan fingerprint density at radius 3 is 2.76 bits per heavy atom. The molecular formula is C25H31NO2S. The van der Waals surface area contributed by atoms with E-state index < -0.39 is 5.97 Å². The molecule has 0 radical (unpaired) electrons. The van der Waals surface area contributed by atoms with E-state index in [2.05, 4.69) is 43.4 Å². The van der Waals surface area contributed by atoms with Crippen molar-refractivity contribution in [2.45, 2.75) is 65.3 Å². The van der Waals surface area contributed by atoms with Crippen LogP contribution in [-0.2, 0) is 19.4 Å². The maximum atomic E-state index is 12.3. The summed E-state index contributed by atoms with van der Waals surface area (Å²) in [7, 11) is 1.95. The van der Waals surface area contributed by atoms with Gasteiger partial charge in [0, 0.05) is 16.3 Å². The van der Waals surface area contributed by atoms with Crippen molar-refractivity contribution in [1.29, 1.82) is 0 Å². The Balaban J connectivity index is 1.83. The van der Waals surface area contributed by atoms with Crippen molar-refractivity contribution in [2.24, 2.45) is 5.41 Å². The van der Waals surface area contributed by atoms with Gasteiger partial charge in [-0.05, 0) is 91.3 Å². The Kier molecular flexibility index (Phi) is 5.67. The highest BCUT2D eigenvalue weighted by atomic mass is 32.1. The number of nitrogens with one attached hydrogen (secondary N) is 1. The first kappa shape index (κ1) is 20.4. The van der Waals surface area contributed by atoms with Crippen LogP contribution in [0.25, 0.3) is 16.0 Å². The second kappa shape index (κ2) is 8.08. The number of carboxylic acids is 1. The SMILES string of the molecule is CNCc1cc(C2=CCCCC2)ccc1-c1sc2c(c1C(=O)O)CC(C)(C)CC2. The molecule has 2 aromatic rings. The normalized spacial score (nSPS) is 18.2. The van der Waals surface area contributed by atoms with E-state index >= 15 is 0 Å².